The Morgan fingerprint density at radius 3 is 2.60 bits per heavy atom. The van der Waals surface area contributed by atoms with Crippen LogP contribution < -0.4 is 10.6 Å². The summed E-state index contributed by atoms with van der Waals surface area (Å²) < 4.78 is 12.9. The first kappa shape index (κ1) is 14.3. The van der Waals surface area contributed by atoms with E-state index in [0.29, 0.717) is 24.7 Å². The van der Waals surface area contributed by atoms with E-state index >= 15 is 0 Å². The van der Waals surface area contributed by atoms with Gasteiger partial charge in [-0.15, -0.1) is 0 Å². The number of hydrogen-bond donors (Lipinski definition) is 3. The number of nitrogens with two attached hydrogens (primary N) is 1. The molecule has 0 saturated carbocycles. The molecule has 0 aliphatic heterocycles. The molecule has 7 heteroatoms. The second-order valence-electron chi connectivity index (χ2n) is 4.43. The Bertz CT molecular complexity index is 528. The van der Waals surface area contributed by atoms with Gasteiger partial charge in [-0.3, -0.25) is 0 Å². The fourth-order valence-corrected chi connectivity index (χ4v) is 1.99. The van der Waals surface area contributed by atoms with Crippen molar-refractivity contribution in [3.8, 4) is 0 Å². The van der Waals surface area contributed by atoms with Crippen molar-refractivity contribution in [2.75, 3.05) is 30.3 Å². The van der Waals surface area contributed by atoms with E-state index in [9.17, 15) is 4.39 Å². The van der Waals surface area contributed by atoms with Crippen molar-refractivity contribution >= 4 is 11.6 Å². The number of benzene rings is 1. The van der Waals surface area contributed by atoms with Crippen molar-refractivity contribution in [1.82, 2.24) is 15.2 Å². The second-order valence-corrected chi connectivity index (χ2v) is 4.43. The summed E-state index contributed by atoms with van der Waals surface area (Å²) in [5.74, 6) is 0.713. The maximum absolute atomic E-state index is 12.9. The molecule has 2 aromatic rings. The van der Waals surface area contributed by atoms with Gasteiger partial charge in [0, 0.05) is 25.2 Å². The van der Waals surface area contributed by atoms with Gasteiger partial charge in [0.1, 0.15) is 5.82 Å². The minimum absolute atomic E-state index is 0.0466. The number of aliphatic hydroxyl groups excluding tert-OH is 1. The molecule has 1 heterocycles. The highest BCUT2D eigenvalue weighted by Crippen LogP contribution is 2.15. The van der Waals surface area contributed by atoms with Crippen LogP contribution in [-0.2, 0) is 6.42 Å². The second kappa shape index (κ2) is 6.85. The minimum atomic E-state index is -0.270. The van der Waals surface area contributed by atoms with Crippen LogP contribution in [0.1, 0.15) is 12.2 Å². The van der Waals surface area contributed by atoms with E-state index < -0.39 is 0 Å². The van der Waals surface area contributed by atoms with Gasteiger partial charge in [-0.2, -0.15) is 10.1 Å². The molecular formula is C13H18FN5O. The molecule has 0 amide bonds. The number of aliphatic hydroxyl groups is 1. The lowest BCUT2D eigenvalue weighted by Crippen LogP contribution is -2.28. The number of nitrogens with one attached hydrogen (secondary N) is 1. The van der Waals surface area contributed by atoms with Crippen LogP contribution in [0.2, 0.25) is 0 Å². The summed E-state index contributed by atoms with van der Waals surface area (Å²) in [5, 5.41) is 15.7. The molecule has 20 heavy (non-hydrogen) atoms. The SMILES string of the molecule is Nc1nc(CCCN(CCO)c2ccc(F)cc2)n[nH]1. The molecule has 0 unspecified atom stereocenters. The molecule has 0 aliphatic carbocycles. The van der Waals surface area contributed by atoms with Crippen LogP contribution in [0.15, 0.2) is 24.3 Å². The topological polar surface area (TPSA) is 91.1 Å². The number of nitrogen functional groups attached to an aromatic ring is 1. The zero-order valence-corrected chi connectivity index (χ0v) is 11.1. The largest absolute Gasteiger partial charge is 0.395 e. The highest BCUT2D eigenvalue weighted by Gasteiger charge is 2.07. The predicted octanol–water partition coefficient (Wildman–Crippen LogP) is 0.957. The van der Waals surface area contributed by atoms with E-state index in [1.165, 1.54) is 12.1 Å². The van der Waals surface area contributed by atoms with Crippen LogP contribution in [-0.4, -0.2) is 40.0 Å². The first-order chi connectivity index (χ1) is 9.69. The van der Waals surface area contributed by atoms with Gasteiger partial charge in [-0.05, 0) is 30.7 Å². The molecule has 0 fully saturated rings. The number of H-pyrrole nitrogens is 1. The van der Waals surface area contributed by atoms with Crippen LogP contribution in [0.25, 0.3) is 0 Å². The van der Waals surface area contributed by atoms with E-state index in [1.54, 1.807) is 12.1 Å². The van der Waals surface area contributed by atoms with Crippen LogP contribution >= 0.6 is 0 Å². The third-order valence-electron chi connectivity index (χ3n) is 2.94. The Balaban J connectivity index is 1.90. The maximum atomic E-state index is 12.9. The van der Waals surface area contributed by atoms with Crippen molar-refractivity contribution in [2.45, 2.75) is 12.8 Å². The van der Waals surface area contributed by atoms with E-state index in [2.05, 4.69) is 15.2 Å². The number of rotatable bonds is 7. The van der Waals surface area contributed by atoms with E-state index in [0.717, 1.165) is 18.7 Å². The summed E-state index contributed by atoms with van der Waals surface area (Å²) in [6, 6.07) is 6.23. The van der Waals surface area contributed by atoms with Gasteiger partial charge >= 0.3 is 0 Å². The molecule has 0 aliphatic rings. The molecule has 0 saturated heterocycles. The fraction of sp³-hybridized carbons (Fsp3) is 0.385. The van der Waals surface area contributed by atoms with Gasteiger partial charge < -0.3 is 15.7 Å². The summed E-state index contributed by atoms with van der Waals surface area (Å²) in [6.45, 7) is 1.27. The van der Waals surface area contributed by atoms with Crippen LogP contribution in [0.3, 0.4) is 0 Å². The van der Waals surface area contributed by atoms with Gasteiger partial charge in [-0.25, -0.2) is 9.49 Å². The molecule has 2 rings (SSSR count). The third kappa shape index (κ3) is 3.92. The maximum Gasteiger partial charge on any atom is 0.216 e. The summed E-state index contributed by atoms with van der Waals surface area (Å²) in [5.41, 5.74) is 6.34. The fourth-order valence-electron chi connectivity index (χ4n) is 1.99. The van der Waals surface area contributed by atoms with Crippen molar-refractivity contribution in [2.24, 2.45) is 0 Å². The molecule has 1 aromatic carbocycles. The predicted molar refractivity (Wildman–Crippen MR) is 74.8 cm³/mol. The lowest BCUT2D eigenvalue weighted by molar-refractivity contribution is 0.301. The lowest BCUT2D eigenvalue weighted by atomic mass is 10.2. The summed E-state index contributed by atoms with van der Waals surface area (Å²) in [7, 11) is 0. The van der Waals surface area contributed by atoms with E-state index in [4.69, 9.17) is 10.8 Å². The highest BCUT2D eigenvalue weighted by molar-refractivity contribution is 5.46. The molecule has 0 spiro atoms. The zero-order valence-electron chi connectivity index (χ0n) is 11.1. The number of hydrogen-bond acceptors (Lipinski definition) is 5. The van der Waals surface area contributed by atoms with E-state index in [-0.39, 0.29) is 12.4 Å². The van der Waals surface area contributed by atoms with Gasteiger partial charge in [0.05, 0.1) is 6.61 Å². The zero-order chi connectivity index (χ0) is 14.4. The molecule has 1 aromatic heterocycles. The summed E-state index contributed by atoms with van der Waals surface area (Å²) in [4.78, 5) is 6.03. The van der Waals surface area contributed by atoms with Crippen molar-refractivity contribution in [3.05, 3.63) is 35.9 Å². The molecule has 6 nitrogen and oxygen atoms in total. The number of anilines is 2. The Morgan fingerprint density at radius 1 is 1.25 bits per heavy atom. The van der Waals surface area contributed by atoms with Gasteiger partial charge in [0.15, 0.2) is 5.82 Å². The standard InChI is InChI=1S/C13H18FN5O/c14-10-3-5-11(6-4-10)19(8-9-20)7-1-2-12-16-13(15)18-17-12/h3-6,20H,1-2,7-9H2,(H3,15,16,17,18). The monoisotopic (exact) mass is 279 g/mol. The molecular weight excluding hydrogens is 261 g/mol. The number of halogens is 1. The Morgan fingerprint density at radius 2 is 2.00 bits per heavy atom. The first-order valence-electron chi connectivity index (χ1n) is 6.47. The smallest absolute Gasteiger partial charge is 0.216 e. The van der Waals surface area contributed by atoms with Crippen molar-refractivity contribution in [1.29, 1.82) is 0 Å². The normalized spacial score (nSPS) is 10.7. The van der Waals surface area contributed by atoms with Crippen molar-refractivity contribution in [3.63, 3.8) is 0 Å². The third-order valence-corrected chi connectivity index (χ3v) is 2.94. The van der Waals surface area contributed by atoms with Gasteiger partial charge in [0.25, 0.3) is 0 Å². The molecule has 108 valence electrons. The minimum Gasteiger partial charge on any atom is -0.395 e. The van der Waals surface area contributed by atoms with Crippen LogP contribution in [0, 0.1) is 5.82 Å². The van der Waals surface area contributed by atoms with Crippen LogP contribution in [0.4, 0.5) is 16.0 Å². The lowest BCUT2D eigenvalue weighted by Gasteiger charge is -2.23. The molecule has 0 atom stereocenters. The number of aromatic amines is 1. The summed E-state index contributed by atoms with van der Waals surface area (Å²) >= 11 is 0. The highest BCUT2D eigenvalue weighted by atomic mass is 19.1. The van der Waals surface area contributed by atoms with E-state index in [1.807, 2.05) is 4.90 Å². The first-order valence-corrected chi connectivity index (χ1v) is 6.47. The Labute approximate surface area is 116 Å². The van der Waals surface area contributed by atoms with Crippen LogP contribution in [0.5, 0.6) is 0 Å². The Kier molecular flexibility index (Phi) is 4.89. The Hall–Kier alpha value is -2.15. The quantitative estimate of drug-likeness (QED) is 0.702. The average Bonchev–Trinajstić information content (AvgIpc) is 2.84. The van der Waals surface area contributed by atoms with Gasteiger partial charge in [-0.1, -0.05) is 0 Å². The average molecular weight is 279 g/mol. The van der Waals surface area contributed by atoms with Crippen molar-refractivity contribution < 1.29 is 9.50 Å². The number of aryl methyl sites for hydroxylation is 1. The molecule has 4 N–H and O–H groups in total. The molecule has 0 bridgehead atoms. The number of aromatic nitrogens is 3. The van der Waals surface area contributed by atoms with Gasteiger partial charge in [0.2, 0.25) is 5.95 Å². The summed E-state index contributed by atoms with van der Waals surface area (Å²) in [6.07, 6.45) is 1.51. The molecule has 0 radical (unpaired) electrons. The number of nitrogens with zero attached hydrogens (tertiary/aromatic N) is 3.